The molecule has 0 nitrogen and oxygen atoms in total. The lowest BCUT2D eigenvalue weighted by Crippen LogP contribution is -2.12. The third-order valence-corrected chi connectivity index (χ3v) is 4.10. The highest BCUT2D eigenvalue weighted by Crippen LogP contribution is 2.31. The van der Waals surface area contributed by atoms with Crippen molar-refractivity contribution in [2.75, 3.05) is 0 Å². The lowest BCUT2D eigenvalue weighted by molar-refractivity contribution is 0.278. The van der Waals surface area contributed by atoms with Crippen molar-refractivity contribution in [3.8, 4) is 0 Å². The van der Waals surface area contributed by atoms with Gasteiger partial charge in [0.1, 0.15) is 0 Å². The van der Waals surface area contributed by atoms with E-state index >= 15 is 0 Å². The van der Waals surface area contributed by atoms with E-state index in [1.54, 1.807) is 0 Å². The summed E-state index contributed by atoms with van der Waals surface area (Å²) >= 11 is 0. The first-order valence-corrected chi connectivity index (χ1v) is 6.79. The van der Waals surface area contributed by atoms with Crippen LogP contribution in [0.5, 0.6) is 0 Å². The Balaban J connectivity index is 0.00000144. The third kappa shape index (κ3) is 3.37. The Kier molecular flexibility index (Phi) is 4.04. The summed E-state index contributed by atoms with van der Waals surface area (Å²) in [4.78, 5) is 0. The van der Waals surface area contributed by atoms with Gasteiger partial charge in [0, 0.05) is 1.43 Å². The Morgan fingerprint density at radius 1 is 1.06 bits per heavy atom. The minimum atomic E-state index is 0. The maximum absolute atomic E-state index is 2.40. The monoisotopic (exact) mass is 218 g/mol. The number of rotatable bonds is 3. The van der Waals surface area contributed by atoms with Crippen LogP contribution in [0.3, 0.4) is 0 Å². The molecular weight excluding hydrogens is 192 g/mol. The highest BCUT2D eigenvalue weighted by molar-refractivity contribution is 5.21. The molecule has 0 heterocycles. The third-order valence-electron chi connectivity index (χ3n) is 4.10. The predicted molar refractivity (Wildman–Crippen MR) is 72.7 cm³/mol. The molecule has 1 aliphatic rings. The molecule has 0 aromatic heterocycles. The van der Waals surface area contributed by atoms with Crippen LogP contribution in [0.2, 0.25) is 0 Å². The highest BCUT2D eigenvalue weighted by Gasteiger charge is 2.17. The summed E-state index contributed by atoms with van der Waals surface area (Å²) in [7, 11) is 0. The number of benzene rings is 1. The topological polar surface area (TPSA) is 0 Å². The molecule has 1 aliphatic carbocycles. The number of hydrogen-bond acceptors (Lipinski definition) is 0. The van der Waals surface area contributed by atoms with Gasteiger partial charge in [0.2, 0.25) is 0 Å². The molecule has 0 unspecified atom stereocenters. The molecule has 0 amide bonds. The van der Waals surface area contributed by atoms with E-state index in [9.17, 15) is 0 Å². The second kappa shape index (κ2) is 5.52. The summed E-state index contributed by atoms with van der Waals surface area (Å²) < 4.78 is 0. The maximum Gasteiger partial charge on any atom is 0 e. The van der Waals surface area contributed by atoms with Crippen LogP contribution in [0, 0.1) is 18.8 Å². The Morgan fingerprint density at radius 2 is 1.69 bits per heavy atom. The van der Waals surface area contributed by atoms with E-state index in [0.29, 0.717) is 0 Å². The molecule has 1 aromatic rings. The summed E-state index contributed by atoms with van der Waals surface area (Å²) in [5.74, 6) is 1.98. The molecule has 0 bridgehead atoms. The van der Waals surface area contributed by atoms with Crippen molar-refractivity contribution in [2.24, 2.45) is 11.8 Å². The largest absolute Gasteiger partial charge is 0.0625 e. The lowest BCUT2D eigenvalue weighted by Gasteiger charge is -2.26. The van der Waals surface area contributed by atoms with Crippen LogP contribution >= 0.6 is 0 Å². The minimum Gasteiger partial charge on any atom is -0.0625 e. The molecular formula is C16H26. The molecule has 0 aliphatic heterocycles. The molecule has 0 atom stereocenters. The summed E-state index contributed by atoms with van der Waals surface area (Å²) in [6, 6.07) is 9.05. The normalized spacial score (nSPS) is 25.6. The van der Waals surface area contributed by atoms with E-state index < -0.39 is 0 Å². The summed E-state index contributed by atoms with van der Waals surface area (Å²) in [6.45, 7) is 4.56. The second-order valence-corrected chi connectivity index (χ2v) is 5.65. The average molecular weight is 218 g/mol. The van der Waals surface area contributed by atoms with Gasteiger partial charge >= 0.3 is 0 Å². The van der Waals surface area contributed by atoms with E-state index in [4.69, 9.17) is 0 Å². The minimum absolute atomic E-state index is 0. The second-order valence-electron chi connectivity index (χ2n) is 5.65. The molecule has 16 heavy (non-hydrogen) atoms. The standard InChI is InChI=1S/C16H24.H2/c1-13-3-7-15(8-4-13)11-12-16-9-5-14(2)6-10-16;/h3-4,7-8,14,16H,5-6,9-12H2,1-2H3;1H. The van der Waals surface area contributed by atoms with Gasteiger partial charge in [-0.1, -0.05) is 62.4 Å². The van der Waals surface area contributed by atoms with Gasteiger partial charge < -0.3 is 0 Å². The van der Waals surface area contributed by atoms with Crippen molar-refractivity contribution in [3.63, 3.8) is 0 Å². The van der Waals surface area contributed by atoms with Crippen LogP contribution < -0.4 is 0 Å². The van der Waals surface area contributed by atoms with Crippen molar-refractivity contribution >= 4 is 0 Å². The van der Waals surface area contributed by atoms with Crippen molar-refractivity contribution in [1.82, 2.24) is 0 Å². The number of hydrogen-bond donors (Lipinski definition) is 0. The van der Waals surface area contributed by atoms with Gasteiger partial charge in [0.25, 0.3) is 0 Å². The zero-order valence-electron chi connectivity index (χ0n) is 10.7. The van der Waals surface area contributed by atoms with Crippen LogP contribution in [0.4, 0.5) is 0 Å². The van der Waals surface area contributed by atoms with Gasteiger partial charge in [0.05, 0.1) is 0 Å². The highest BCUT2D eigenvalue weighted by atomic mass is 14.2. The molecule has 0 spiro atoms. The van der Waals surface area contributed by atoms with Crippen LogP contribution in [0.15, 0.2) is 24.3 Å². The molecule has 0 saturated heterocycles. The van der Waals surface area contributed by atoms with E-state index in [2.05, 4.69) is 38.1 Å². The van der Waals surface area contributed by atoms with Gasteiger partial charge in [-0.15, -0.1) is 0 Å². The van der Waals surface area contributed by atoms with E-state index in [1.807, 2.05) is 0 Å². The fourth-order valence-electron chi connectivity index (χ4n) is 2.74. The van der Waals surface area contributed by atoms with Crippen molar-refractivity contribution in [1.29, 1.82) is 0 Å². The Morgan fingerprint density at radius 3 is 2.31 bits per heavy atom. The molecule has 0 heteroatoms. The van der Waals surface area contributed by atoms with Crippen LogP contribution in [-0.2, 0) is 6.42 Å². The SMILES string of the molecule is Cc1ccc(CCC2CCC(C)CC2)cc1.[HH]. The summed E-state index contributed by atoms with van der Waals surface area (Å²) in [5, 5.41) is 0. The summed E-state index contributed by atoms with van der Waals surface area (Å²) in [5.41, 5.74) is 2.89. The molecule has 1 aromatic carbocycles. The first-order chi connectivity index (χ1) is 7.74. The first kappa shape index (κ1) is 11.7. The van der Waals surface area contributed by atoms with Crippen molar-refractivity contribution < 1.29 is 1.43 Å². The van der Waals surface area contributed by atoms with Gasteiger partial charge in [-0.25, -0.2) is 0 Å². The molecule has 0 N–H and O–H groups in total. The molecule has 0 radical (unpaired) electrons. The molecule has 1 saturated carbocycles. The fraction of sp³-hybridized carbons (Fsp3) is 0.625. The average Bonchev–Trinajstić information content (AvgIpc) is 2.30. The zero-order chi connectivity index (χ0) is 11.4. The molecule has 90 valence electrons. The summed E-state index contributed by atoms with van der Waals surface area (Å²) in [6.07, 6.45) is 8.52. The van der Waals surface area contributed by atoms with Crippen LogP contribution in [0.25, 0.3) is 0 Å². The van der Waals surface area contributed by atoms with Gasteiger partial charge in [-0.3, -0.25) is 0 Å². The van der Waals surface area contributed by atoms with Gasteiger partial charge in [-0.2, -0.15) is 0 Å². The Labute approximate surface area is 102 Å². The first-order valence-electron chi connectivity index (χ1n) is 6.79. The van der Waals surface area contributed by atoms with E-state index in [-0.39, 0.29) is 1.43 Å². The maximum atomic E-state index is 2.40. The van der Waals surface area contributed by atoms with Gasteiger partial charge in [0.15, 0.2) is 0 Å². The molecule has 2 rings (SSSR count). The molecule has 1 fully saturated rings. The van der Waals surface area contributed by atoms with Crippen LogP contribution in [-0.4, -0.2) is 0 Å². The van der Waals surface area contributed by atoms with Gasteiger partial charge in [-0.05, 0) is 37.2 Å². The predicted octanol–water partition coefficient (Wildman–Crippen LogP) is 5.00. The van der Waals surface area contributed by atoms with Crippen molar-refractivity contribution in [2.45, 2.75) is 52.4 Å². The van der Waals surface area contributed by atoms with E-state index in [0.717, 1.165) is 11.8 Å². The van der Waals surface area contributed by atoms with E-state index in [1.165, 1.54) is 49.7 Å². The fourth-order valence-corrected chi connectivity index (χ4v) is 2.74. The zero-order valence-corrected chi connectivity index (χ0v) is 10.7. The smallest absolute Gasteiger partial charge is 0 e. The Hall–Kier alpha value is -0.780. The van der Waals surface area contributed by atoms with Crippen LogP contribution in [0.1, 0.15) is 51.6 Å². The number of aryl methyl sites for hydroxylation is 2. The lowest BCUT2D eigenvalue weighted by atomic mass is 9.80. The van der Waals surface area contributed by atoms with Crippen molar-refractivity contribution in [3.05, 3.63) is 35.4 Å². The Bertz CT molecular complexity index is 307. The quantitative estimate of drug-likeness (QED) is 0.669.